The van der Waals surface area contributed by atoms with E-state index >= 15 is 0 Å². The number of ether oxygens (including phenoxy) is 19. The Labute approximate surface area is 750 Å². The standard InChI is InChI=1S/C71H118N4O57S/c1-16-35(90)44(99)47(102)64(115-16)114-15-29-53(42(97)32(61(107)116-29)72-17(2)84)124-62-33(73-18(3)85)43(98)52(26(11-81)121-62)125-67-50(105)58(41(96)28(123-67)14-113-65-49(104)57(40(95)25(10-80)118-65)127-66-48(103)45(100)37(92)22(7-77)119-66)128-69-60(46(101)38(93)23(8-78)120-69)129-63-34(74-19(4)86)55(39(94)24(9-79)117-63)126-68-51(106)59(54(27(12-82)122-68)132-133(110,111)112)131-71(70(108)109)5-20(87)31(75-30(89)13-83)56(130-71)36(91)21(88)6-76/h16,20-29,31-69,76-83,87-88,90-107H,5-15H2,1-4H3,(H,72,84)(H,73,85)(H,74,86)(H,75,89)(H,108,109)(H,110,111,112)/t16-,20-,21+,22+,23+,24+,25+,26+,27+,28+,29+,31+,32+,33+,34+,35+,36+,37+,38+,39+,40+,41+,42+,43+,44+,45-,46-,47-,48-,49-,50-,51+,52+,53+,54-,55+,56+,57-,58-,59+,60-,61+,62-,63-,64+,65-,66+,67-,68-,69+,71-/m0/s1. The third-order valence-electron chi connectivity index (χ3n) is 23.7. The molecule has 10 heterocycles. The molecule has 10 aliphatic heterocycles. The summed E-state index contributed by atoms with van der Waals surface area (Å²) in [6.45, 7) is -8.64. The van der Waals surface area contributed by atoms with Gasteiger partial charge in [0, 0.05) is 27.2 Å². The predicted octanol–water partition coefficient (Wildman–Crippen LogP) is -23.2. The topological polar surface area (TPSA) is 959 Å². The number of carbonyl (C=O) groups excluding carboxylic acids is 4. The van der Waals surface area contributed by atoms with Gasteiger partial charge in [-0.2, -0.15) is 8.42 Å². The van der Waals surface area contributed by atoms with E-state index < -0.39 is 425 Å². The van der Waals surface area contributed by atoms with Gasteiger partial charge in [-0.25, -0.2) is 8.98 Å². The maximum absolute atomic E-state index is 13.5. The van der Waals surface area contributed by atoms with E-state index in [1.54, 1.807) is 0 Å². The van der Waals surface area contributed by atoms with E-state index in [1.165, 1.54) is 6.92 Å². The molecule has 0 aromatic rings. The summed E-state index contributed by atoms with van der Waals surface area (Å²) in [6, 6.07) is -8.22. The van der Waals surface area contributed by atoms with Gasteiger partial charge in [0.15, 0.2) is 56.6 Å². The lowest BCUT2D eigenvalue weighted by atomic mass is 9.88. The highest BCUT2D eigenvalue weighted by molar-refractivity contribution is 7.80. The number of hydrogen-bond acceptors (Lipinski definition) is 55. The van der Waals surface area contributed by atoms with Crippen LogP contribution in [0.2, 0.25) is 0 Å². The Morgan fingerprint density at radius 2 is 0.767 bits per heavy atom. The van der Waals surface area contributed by atoms with E-state index in [0.29, 0.717) is 0 Å². The molecule has 0 saturated carbocycles. The molecule has 0 unspecified atom stereocenters. The highest BCUT2D eigenvalue weighted by Crippen LogP contribution is 2.43. The monoisotopic (exact) mass is 1970 g/mol. The first-order chi connectivity index (χ1) is 62.6. The minimum Gasteiger partial charge on any atom is -0.477 e. The average Bonchev–Trinajstić information content (AvgIpc) is 0.748. The van der Waals surface area contributed by atoms with Crippen molar-refractivity contribution in [1.82, 2.24) is 21.3 Å². The lowest BCUT2D eigenvalue weighted by Gasteiger charge is -2.52. The molecule has 51 atom stereocenters. The second-order valence-corrected chi connectivity index (χ2v) is 34.0. The molecule has 0 spiro atoms. The van der Waals surface area contributed by atoms with Crippen LogP contribution in [0.5, 0.6) is 0 Å². The molecule has 0 radical (unpaired) electrons. The van der Waals surface area contributed by atoms with Gasteiger partial charge in [-0.15, -0.1) is 0 Å². The summed E-state index contributed by atoms with van der Waals surface area (Å²) >= 11 is 0. The van der Waals surface area contributed by atoms with Crippen LogP contribution in [0.1, 0.15) is 34.1 Å². The van der Waals surface area contributed by atoms with E-state index in [2.05, 4.69) is 16.0 Å². The summed E-state index contributed by atoms with van der Waals surface area (Å²) < 4.78 is 152. The van der Waals surface area contributed by atoms with Crippen molar-refractivity contribution in [2.24, 2.45) is 0 Å². The normalized spacial score (nSPS) is 47.2. The van der Waals surface area contributed by atoms with Crippen molar-refractivity contribution in [3.05, 3.63) is 0 Å². The molecular weight excluding hydrogens is 1850 g/mol. The summed E-state index contributed by atoms with van der Waals surface area (Å²) in [7, 11) is -5.92. The molecule has 62 heteroatoms. The molecule has 4 amide bonds. The Kier molecular flexibility index (Phi) is 39.2. The fourth-order valence-corrected chi connectivity index (χ4v) is 17.2. The van der Waals surface area contributed by atoms with Crippen LogP contribution in [0.15, 0.2) is 0 Å². The first kappa shape index (κ1) is 110. The summed E-state index contributed by atoms with van der Waals surface area (Å²) in [6.07, 6.45) is -106. The summed E-state index contributed by atoms with van der Waals surface area (Å²) in [5.41, 5.74) is 0. The number of rotatable bonds is 37. The Morgan fingerprint density at radius 1 is 0.376 bits per heavy atom. The smallest absolute Gasteiger partial charge is 0.397 e. The molecule has 10 aliphatic rings. The van der Waals surface area contributed by atoms with Crippen molar-refractivity contribution in [1.29, 1.82) is 0 Å². The van der Waals surface area contributed by atoms with E-state index in [-0.39, 0.29) is 0 Å². The third-order valence-corrected chi connectivity index (χ3v) is 24.2. The number of amides is 4. The van der Waals surface area contributed by atoms with Crippen molar-refractivity contribution < 1.29 is 279 Å². The van der Waals surface area contributed by atoms with E-state index in [1.807, 2.05) is 5.32 Å². The van der Waals surface area contributed by atoms with Crippen LogP contribution in [-0.4, -0.2) is 569 Å². The molecule has 10 fully saturated rings. The SMILES string of the molecule is CC(=O)N[C@@H]1[C@@H](O)[C@H](O[C@@H]2O[C@H](CO)[C@@H](O[C@@H]3O[C@H](CO[C@H]4O[C@H](CO)[C@@H](O)[C@H](O[C@H]5O[C@H](CO)[C@@H](O)[C@H](O)[C@@H]5O)[C@@H]4O)[C@@H](O)[C@H](O[C@H]4O[C@H](CO)[C@@H](O)[C@H](O)[C@@H]4O[C@@H]4O[C@H](CO)[C@@H](O)[C@H](O[C@@H]5O[C@H](CO)[C@H](OS(=O)(=O)O)[C@H](O[C@]6(C(=O)O)C[C@H](O)[C@@H](NC(=O)CO)[C@H]([C@H](O)[C@H](O)CO)O6)[C@H]5O)[C@H]4NC(C)=O)[C@@H]3O)[C@H](O)[C@H]2NC(C)=O)[C@@H](CO[C@@H]2O[C@@H](C)[C@@H](O)[C@@H](O)[C@@H]2O)O[C@H]1O. The zero-order valence-corrected chi connectivity index (χ0v) is 71.3. The fraction of sp³-hybridized carbons (Fsp3) is 0.930. The van der Waals surface area contributed by atoms with Crippen LogP contribution in [0, 0.1) is 0 Å². The minimum absolute atomic E-state index is 0.778. The lowest BCUT2D eigenvalue weighted by molar-refractivity contribution is -0.400. The van der Waals surface area contributed by atoms with Crippen LogP contribution in [-0.2, 0) is 129 Å². The first-order valence-electron chi connectivity index (χ1n) is 41.5. The van der Waals surface area contributed by atoms with Crippen molar-refractivity contribution in [3.8, 4) is 0 Å². The quantitative estimate of drug-likeness (QED) is 0.0257. The number of hydrogen-bond donors (Lipinski definition) is 34. The summed E-state index contributed by atoms with van der Waals surface area (Å²) in [4.78, 5) is 65.3. The van der Waals surface area contributed by atoms with E-state index in [4.69, 9.17) is 94.2 Å². The van der Waals surface area contributed by atoms with Gasteiger partial charge in [-0.1, -0.05) is 0 Å². The number of aliphatic hydroxyl groups excluding tert-OH is 28. The van der Waals surface area contributed by atoms with Crippen LogP contribution < -0.4 is 21.3 Å². The van der Waals surface area contributed by atoms with Gasteiger partial charge in [0.05, 0.1) is 77.7 Å². The van der Waals surface area contributed by atoms with Crippen molar-refractivity contribution in [3.63, 3.8) is 0 Å². The Morgan fingerprint density at radius 3 is 1.32 bits per heavy atom. The van der Waals surface area contributed by atoms with Gasteiger partial charge in [-0.05, 0) is 6.92 Å². The highest BCUT2D eigenvalue weighted by atomic mass is 32.3. The number of aliphatic carboxylic acids is 1. The Bertz CT molecular complexity index is 3830. The molecule has 770 valence electrons. The molecule has 61 nitrogen and oxygen atoms in total. The maximum atomic E-state index is 13.5. The highest BCUT2D eigenvalue weighted by Gasteiger charge is 2.65. The lowest BCUT2D eigenvalue weighted by Crippen LogP contribution is -2.72. The number of carboxylic acid groups (broad SMARTS) is 1. The van der Waals surface area contributed by atoms with Gasteiger partial charge >= 0.3 is 16.4 Å². The largest absolute Gasteiger partial charge is 0.477 e. The van der Waals surface area contributed by atoms with Gasteiger partial charge in [-0.3, -0.25) is 23.7 Å². The zero-order valence-electron chi connectivity index (χ0n) is 70.5. The molecule has 10 saturated heterocycles. The van der Waals surface area contributed by atoms with E-state index in [9.17, 15) is 185 Å². The van der Waals surface area contributed by atoms with Crippen molar-refractivity contribution >= 4 is 40.0 Å². The van der Waals surface area contributed by atoms with Crippen LogP contribution in [0.4, 0.5) is 0 Å². The third kappa shape index (κ3) is 24.9. The second-order valence-electron chi connectivity index (χ2n) is 32.9. The van der Waals surface area contributed by atoms with Gasteiger partial charge in [0.1, 0.15) is 238 Å². The van der Waals surface area contributed by atoms with Crippen LogP contribution >= 0.6 is 0 Å². The van der Waals surface area contributed by atoms with Crippen molar-refractivity contribution in [2.75, 3.05) is 66.1 Å². The second kappa shape index (κ2) is 47.3. The summed E-state index contributed by atoms with van der Waals surface area (Å²) in [5, 5.41) is 333. The average molecular weight is 1970 g/mol. The maximum Gasteiger partial charge on any atom is 0.397 e. The fourth-order valence-electron chi connectivity index (χ4n) is 16.7. The summed E-state index contributed by atoms with van der Waals surface area (Å²) in [5.74, 6) is -10.4. The Hall–Kier alpha value is -4.66. The molecule has 34 N–H and O–H groups in total. The molecule has 10 rings (SSSR count). The van der Waals surface area contributed by atoms with E-state index in [0.717, 1.165) is 20.8 Å². The molecular formula is C71H118N4O57S. The minimum atomic E-state index is -5.92. The zero-order chi connectivity index (χ0) is 98.5. The molecule has 0 aliphatic carbocycles. The van der Waals surface area contributed by atoms with Gasteiger partial charge in [0.2, 0.25) is 23.6 Å². The van der Waals surface area contributed by atoms with Gasteiger partial charge < -0.3 is 259 Å². The molecule has 0 aromatic heterocycles. The van der Waals surface area contributed by atoms with Crippen LogP contribution in [0.3, 0.4) is 0 Å². The number of nitrogens with one attached hydrogen (secondary N) is 4. The first-order valence-corrected chi connectivity index (χ1v) is 42.8. The molecule has 133 heavy (non-hydrogen) atoms. The predicted molar refractivity (Wildman–Crippen MR) is 404 cm³/mol. The van der Waals surface area contributed by atoms with Gasteiger partial charge in [0.25, 0.3) is 5.79 Å². The number of carbonyl (C=O) groups is 5. The number of aliphatic hydroxyl groups is 28. The van der Waals surface area contributed by atoms with Crippen LogP contribution in [0.25, 0.3) is 0 Å². The Balaban J connectivity index is 0.993. The molecule has 0 bridgehead atoms. The molecule has 0 aromatic carbocycles. The van der Waals surface area contributed by atoms with Crippen molar-refractivity contribution in [2.45, 2.75) is 347 Å². The number of carboxylic acids is 1.